The van der Waals surface area contributed by atoms with Crippen LogP contribution in [-0.4, -0.2) is 29.0 Å². The molecular weight excluding hydrogens is 268 g/mol. The number of hydrogen-bond donors (Lipinski definition) is 1. The number of primary amides is 1. The number of aryl methyl sites for hydroxylation is 1. The van der Waals surface area contributed by atoms with Crippen LogP contribution in [0.1, 0.15) is 48.7 Å². The largest absolute Gasteiger partial charge is 0.444 e. The smallest absolute Gasteiger partial charge is 0.410 e. The third kappa shape index (κ3) is 3.97. The molecule has 1 aromatic carbocycles. The van der Waals surface area contributed by atoms with E-state index in [1.54, 1.807) is 11.0 Å². The lowest BCUT2D eigenvalue weighted by molar-refractivity contribution is 0.0236. The van der Waals surface area contributed by atoms with Crippen molar-refractivity contribution in [1.82, 2.24) is 4.90 Å². The van der Waals surface area contributed by atoms with Crippen LogP contribution in [-0.2, 0) is 17.7 Å². The molecule has 0 aromatic heterocycles. The van der Waals surface area contributed by atoms with Crippen LogP contribution in [0.15, 0.2) is 18.2 Å². The first-order chi connectivity index (χ1) is 9.76. The van der Waals surface area contributed by atoms with E-state index in [4.69, 9.17) is 10.5 Å². The highest BCUT2D eigenvalue weighted by Crippen LogP contribution is 2.22. The maximum atomic E-state index is 12.2. The van der Waals surface area contributed by atoms with E-state index in [0.717, 1.165) is 24.0 Å². The molecule has 0 bridgehead atoms. The molecule has 5 heteroatoms. The zero-order valence-corrected chi connectivity index (χ0v) is 12.8. The summed E-state index contributed by atoms with van der Waals surface area (Å²) in [6.07, 6.45) is 1.37. The van der Waals surface area contributed by atoms with Gasteiger partial charge in [-0.3, -0.25) is 4.79 Å². The van der Waals surface area contributed by atoms with E-state index < -0.39 is 11.5 Å². The van der Waals surface area contributed by atoms with Gasteiger partial charge in [0.2, 0.25) is 5.91 Å². The van der Waals surface area contributed by atoms with Crippen LogP contribution in [0.5, 0.6) is 0 Å². The number of ether oxygens (including phenoxy) is 1. The summed E-state index contributed by atoms with van der Waals surface area (Å²) in [7, 11) is 0. The fraction of sp³-hybridized carbons (Fsp3) is 0.500. The standard InChI is InChI=1S/C16H22N2O3/c1-16(2,3)21-15(20)18-8-4-5-11-9-12(14(17)19)6-7-13(11)10-18/h6-7,9H,4-5,8,10H2,1-3H3,(H2,17,19). The number of carbonyl (C=O) groups excluding carboxylic acids is 2. The van der Waals surface area contributed by atoms with Crippen molar-refractivity contribution in [2.24, 2.45) is 5.73 Å². The van der Waals surface area contributed by atoms with Crippen LogP contribution in [0.4, 0.5) is 4.79 Å². The Morgan fingerprint density at radius 1 is 1.24 bits per heavy atom. The minimum Gasteiger partial charge on any atom is -0.444 e. The summed E-state index contributed by atoms with van der Waals surface area (Å²) in [5, 5.41) is 0. The number of carbonyl (C=O) groups is 2. The van der Waals surface area contributed by atoms with Crippen molar-refractivity contribution in [1.29, 1.82) is 0 Å². The molecule has 1 aliphatic rings. The summed E-state index contributed by atoms with van der Waals surface area (Å²) in [6, 6.07) is 5.41. The van der Waals surface area contributed by atoms with Gasteiger partial charge in [-0.25, -0.2) is 4.79 Å². The molecule has 1 heterocycles. The van der Waals surface area contributed by atoms with Gasteiger partial charge in [-0.15, -0.1) is 0 Å². The first kappa shape index (κ1) is 15.4. The molecule has 2 N–H and O–H groups in total. The van der Waals surface area contributed by atoms with E-state index in [1.807, 2.05) is 32.9 Å². The predicted molar refractivity (Wildman–Crippen MR) is 79.9 cm³/mol. The minimum absolute atomic E-state index is 0.297. The third-order valence-corrected chi connectivity index (χ3v) is 3.38. The molecule has 1 aromatic rings. The summed E-state index contributed by atoms with van der Waals surface area (Å²) < 4.78 is 5.42. The van der Waals surface area contributed by atoms with Gasteiger partial charge >= 0.3 is 6.09 Å². The Morgan fingerprint density at radius 2 is 1.95 bits per heavy atom. The van der Waals surface area contributed by atoms with Crippen molar-refractivity contribution in [2.75, 3.05) is 6.54 Å². The molecule has 0 saturated heterocycles. The van der Waals surface area contributed by atoms with E-state index in [0.29, 0.717) is 18.7 Å². The Balaban J connectivity index is 2.18. The van der Waals surface area contributed by atoms with Crippen LogP contribution in [0, 0.1) is 0 Å². The monoisotopic (exact) mass is 290 g/mol. The number of nitrogens with zero attached hydrogens (tertiary/aromatic N) is 1. The summed E-state index contributed by atoms with van der Waals surface area (Å²) in [5.74, 6) is -0.425. The van der Waals surface area contributed by atoms with Crippen molar-refractivity contribution in [3.8, 4) is 0 Å². The highest BCUT2D eigenvalue weighted by molar-refractivity contribution is 5.93. The van der Waals surface area contributed by atoms with E-state index in [1.165, 1.54) is 0 Å². The number of rotatable bonds is 1. The molecule has 5 nitrogen and oxygen atoms in total. The van der Waals surface area contributed by atoms with Gasteiger partial charge in [-0.1, -0.05) is 6.07 Å². The molecular formula is C16H22N2O3. The van der Waals surface area contributed by atoms with E-state index in [9.17, 15) is 9.59 Å². The van der Waals surface area contributed by atoms with Gasteiger partial charge in [0, 0.05) is 18.7 Å². The van der Waals surface area contributed by atoms with Crippen LogP contribution in [0.2, 0.25) is 0 Å². The average Bonchev–Trinajstić information content (AvgIpc) is 2.57. The SMILES string of the molecule is CC(C)(C)OC(=O)N1CCCc2cc(C(N)=O)ccc2C1. The predicted octanol–water partition coefficient (Wildman–Crippen LogP) is 2.47. The number of hydrogen-bond acceptors (Lipinski definition) is 3. The first-order valence-corrected chi connectivity index (χ1v) is 7.16. The van der Waals surface area contributed by atoms with Gasteiger partial charge in [0.05, 0.1) is 0 Å². The summed E-state index contributed by atoms with van der Waals surface area (Å²) in [4.78, 5) is 25.1. The Hall–Kier alpha value is -2.04. The zero-order chi connectivity index (χ0) is 15.6. The van der Waals surface area contributed by atoms with Gasteiger partial charge in [-0.05, 0) is 56.9 Å². The first-order valence-electron chi connectivity index (χ1n) is 7.16. The Bertz CT molecular complexity index is 561. The van der Waals surface area contributed by atoms with Crippen LogP contribution in [0.3, 0.4) is 0 Å². The molecule has 21 heavy (non-hydrogen) atoms. The van der Waals surface area contributed by atoms with Crippen LogP contribution in [0.25, 0.3) is 0 Å². The van der Waals surface area contributed by atoms with Gasteiger partial charge in [-0.2, -0.15) is 0 Å². The molecule has 114 valence electrons. The van der Waals surface area contributed by atoms with Gasteiger partial charge in [0.15, 0.2) is 0 Å². The lowest BCUT2D eigenvalue weighted by Gasteiger charge is -2.26. The van der Waals surface area contributed by atoms with Crippen molar-refractivity contribution in [3.05, 3.63) is 34.9 Å². The number of fused-ring (bicyclic) bond motifs is 1. The molecule has 0 spiro atoms. The van der Waals surface area contributed by atoms with Crippen molar-refractivity contribution < 1.29 is 14.3 Å². The van der Waals surface area contributed by atoms with Gasteiger partial charge in [0.25, 0.3) is 0 Å². The summed E-state index contributed by atoms with van der Waals surface area (Å²) in [5.41, 5.74) is 7.45. The maximum Gasteiger partial charge on any atom is 0.410 e. The maximum absolute atomic E-state index is 12.2. The zero-order valence-electron chi connectivity index (χ0n) is 12.8. The van der Waals surface area contributed by atoms with Crippen LogP contribution < -0.4 is 5.73 Å². The Kier molecular flexibility index (Phi) is 4.21. The second kappa shape index (κ2) is 5.76. The highest BCUT2D eigenvalue weighted by atomic mass is 16.6. The van der Waals surface area contributed by atoms with Crippen molar-refractivity contribution in [3.63, 3.8) is 0 Å². The molecule has 0 atom stereocenters. The van der Waals surface area contributed by atoms with Crippen molar-refractivity contribution in [2.45, 2.75) is 45.8 Å². The van der Waals surface area contributed by atoms with Crippen LogP contribution >= 0.6 is 0 Å². The van der Waals surface area contributed by atoms with Gasteiger partial charge < -0.3 is 15.4 Å². The van der Waals surface area contributed by atoms with E-state index >= 15 is 0 Å². The lowest BCUT2D eigenvalue weighted by Crippen LogP contribution is -2.36. The average molecular weight is 290 g/mol. The molecule has 0 aliphatic carbocycles. The number of amides is 2. The molecule has 0 fully saturated rings. The fourth-order valence-electron chi connectivity index (χ4n) is 2.39. The van der Waals surface area contributed by atoms with E-state index in [2.05, 4.69) is 0 Å². The van der Waals surface area contributed by atoms with E-state index in [-0.39, 0.29) is 6.09 Å². The molecule has 2 rings (SSSR count). The minimum atomic E-state index is -0.498. The Labute approximate surface area is 125 Å². The molecule has 0 radical (unpaired) electrons. The normalized spacial score (nSPS) is 15.1. The lowest BCUT2D eigenvalue weighted by atomic mass is 10.0. The Morgan fingerprint density at radius 3 is 2.57 bits per heavy atom. The summed E-state index contributed by atoms with van der Waals surface area (Å²) >= 11 is 0. The second-order valence-corrected chi connectivity index (χ2v) is 6.35. The molecule has 0 unspecified atom stereocenters. The topological polar surface area (TPSA) is 72.6 Å². The molecule has 0 saturated carbocycles. The van der Waals surface area contributed by atoms with Crippen molar-refractivity contribution >= 4 is 12.0 Å². The quantitative estimate of drug-likeness (QED) is 0.863. The second-order valence-electron chi connectivity index (χ2n) is 6.35. The number of benzene rings is 1. The molecule has 2 amide bonds. The molecule has 1 aliphatic heterocycles. The third-order valence-electron chi connectivity index (χ3n) is 3.38. The highest BCUT2D eigenvalue weighted by Gasteiger charge is 2.24. The summed E-state index contributed by atoms with van der Waals surface area (Å²) in [6.45, 7) is 6.72. The number of nitrogens with two attached hydrogens (primary N) is 1. The fourth-order valence-corrected chi connectivity index (χ4v) is 2.39. The van der Waals surface area contributed by atoms with Gasteiger partial charge in [0.1, 0.15) is 5.60 Å².